The van der Waals surface area contributed by atoms with Crippen LogP contribution in [0.5, 0.6) is 0 Å². The summed E-state index contributed by atoms with van der Waals surface area (Å²) in [5.74, 6) is -0.736. The summed E-state index contributed by atoms with van der Waals surface area (Å²) in [5.41, 5.74) is 0. The van der Waals surface area contributed by atoms with Gasteiger partial charge in [0, 0.05) is 32.3 Å². The van der Waals surface area contributed by atoms with Crippen LogP contribution < -0.4 is 0 Å². The van der Waals surface area contributed by atoms with Crippen molar-refractivity contribution in [1.82, 2.24) is 9.21 Å². The number of hydrogen-bond acceptors (Lipinski definition) is 3. The number of carbonyl (C=O) groups excluding carboxylic acids is 1. The predicted octanol–water partition coefficient (Wildman–Crippen LogP) is 1.79. The van der Waals surface area contributed by atoms with Crippen molar-refractivity contribution in [2.24, 2.45) is 0 Å². The zero-order valence-corrected chi connectivity index (χ0v) is 13.7. The van der Waals surface area contributed by atoms with E-state index in [-0.39, 0.29) is 23.9 Å². The van der Waals surface area contributed by atoms with Crippen LogP contribution in [0.25, 0.3) is 0 Å². The number of nitrogens with zero attached hydrogens (tertiary/aromatic N) is 2. The van der Waals surface area contributed by atoms with Crippen LogP contribution >= 0.6 is 0 Å². The molecule has 1 aliphatic heterocycles. The van der Waals surface area contributed by atoms with Gasteiger partial charge in [0.15, 0.2) is 0 Å². The Morgan fingerprint density at radius 3 is 2.48 bits per heavy atom. The molecule has 0 saturated carbocycles. The normalized spacial score (nSPS) is 17.2. The van der Waals surface area contributed by atoms with Gasteiger partial charge in [0.2, 0.25) is 15.9 Å². The Morgan fingerprint density at radius 1 is 1.17 bits per heavy atom. The summed E-state index contributed by atoms with van der Waals surface area (Å²) in [4.78, 5) is 13.5. The van der Waals surface area contributed by atoms with E-state index in [1.54, 1.807) is 17.1 Å². The van der Waals surface area contributed by atoms with Gasteiger partial charge in [0.1, 0.15) is 5.82 Å². The van der Waals surface area contributed by atoms with Crippen LogP contribution in [-0.4, -0.2) is 49.7 Å². The lowest BCUT2D eigenvalue weighted by atomic mass is 10.3. The van der Waals surface area contributed by atoms with E-state index in [2.05, 4.69) is 0 Å². The van der Waals surface area contributed by atoms with Gasteiger partial charge >= 0.3 is 0 Å². The summed E-state index contributed by atoms with van der Waals surface area (Å²) in [7, 11) is -3.73. The monoisotopic (exact) mass is 338 g/mol. The summed E-state index contributed by atoms with van der Waals surface area (Å²) < 4.78 is 39.4. The molecule has 0 N–H and O–H groups in total. The topological polar surface area (TPSA) is 57.7 Å². The SMILES string of the molecule is C/C=C/C=C/C(=O)N1CCN(S(=O)(=O)c2cccc(F)c2)CC1. The smallest absolute Gasteiger partial charge is 0.246 e. The van der Waals surface area contributed by atoms with E-state index in [9.17, 15) is 17.6 Å². The molecular weight excluding hydrogens is 319 g/mol. The fourth-order valence-electron chi connectivity index (χ4n) is 2.28. The molecule has 1 aromatic carbocycles. The van der Waals surface area contributed by atoms with Crippen molar-refractivity contribution in [3.8, 4) is 0 Å². The number of halogens is 1. The predicted molar refractivity (Wildman–Crippen MR) is 85.7 cm³/mol. The molecule has 1 heterocycles. The number of rotatable bonds is 4. The largest absolute Gasteiger partial charge is 0.337 e. The van der Waals surface area contributed by atoms with Gasteiger partial charge < -0.3 is 4.90 Å². The molecule has 124 valence electrons. The molecule has 0 aromatic heterocycles. The van der Waals surface area contributed by atoms with E-state index in [4.69, 9.17) is 0 Å². The van der Waals surface area contributed by atoms with Crippen LogP contribution in [0.2, 0.25) is 0 Å². The third-order valence-electron chi connectivity index (χ3n) is 3.53. The summed E-state index contributed by atoms with van der Waals surface area (Å²) in [6.07, 6.45) is 6.67. The Balaban J connectivity index is 2.02. The van der Waals surface area contributed by atoms with Crippen molar-refractivity contribution < 1.29 is 17.6 Å². The van der Waals surface area contributed by atoms with Crippen molar-refractivity contribution in [1.29, 1.82) is 0 Å². The molecule has 0 atom stereocenters. The van der Waals surface area contributed by atoms with Gasteiger partial charge in [0.05, 0.1) is 4.90 Å². The average Bonchev–Trinajstić information content (AvgIpc) is 2.55. The zero-order chi connectivity index (χ0) is 16.9. The Bertz CT molecular complexity index is 721. The quantitative estimate of drug-likeness (QED) is 0.621. The number of sulfonamides is 1. The Kier molecular flexibility index (Phi) is 5.68. The van der Waals surface area contributed by atoms with E-state index < -0.39 is 15.8 Å². The van der Waals surface area contributed by atoms with Gasteiger partial charge in [-0.2, -0.15) is 4.31 Å². The number of allylic oxidation sites excluding steroid dienone is 3. The molecule has 1 amide bonds. The lowest BCUT2D eigenvalue weighted by molar-refractivity contribution is -0.127. The number of carbonyl (C=O) groups is 1. The Hall–Kier alpha value is -1.99. The minimum atomic E-state index is -3.73. The van der Waals surface area contributed by atoms with Gasteiger partial charge in [-0.15, -0.1) is 0 Å². The molecule has 1 aliphatic rings. The lowest BCUT2D eigenvalue weighted by Gasteiger charge is -2.33. The van der Waals surface area contributed by atoms with Crippen molar-refractivity contribution >= 4 is 15.9 Å². The second kappa shape index (κ2) is 7.52. The first-order chi connectivity index (χ1) is 10.9. The first-order valence-electron chi connectivity index (χ1n) is 7.29. The van der Waals surface area contributed by atoms with E-state index >= 15 is 0 Å². The average molecular weight is 338 g/mol. The van der Waals surface area contributed by atoms with Gasteiger partial charge in [-0.05, 0) is 25.1 Å². The van der Waals surface area contributed by atoms with Crippen LogP contribution in [0.1, 0.15) is 6.92 Å². The summed E-state index contributed by atoms with van der Waals surface area (Å²) in [6, 6.07) is 4.95. The number of hydrogen-bond donors (Lipinski definition) is 0. The molecule has 0 spiro atoms. The molecule has 1 fully saturated rings. The fourth-order valence-corrected chi connectivity index (χ4v) is 3.73. The van der Waals surface area contributed by atoms with Crippen LogP contribution in [0.4, 0.5) is 4.39 Å². The molecule has 1 saturated heterocycles. The van der Waals surface area contributed by atoms with E-state index in [0.717, 1.165) is 6.07 Å². The highest BCUT2D eigenvalue weighted by molar-refractivity contribution is 7.89. The van der Waals surface area contributed by atoms with Gasteiger partial charge in [-0.3, -0.25) is 4.79 Å². The van der Waals surface area contributed by atoms with Crippen LogP contribution in [0, 0.1) is 5.82 Å². The second-order valence-electron chi connectivity index (χ2n) is 5.07. The first-order valence-corrected chi connectivity index (χ1v) is 8.73. The summed E-state index contributed by atoms with van der Waals surface area (Å²) in [5, 5.41) is 0. The fraction of sp³-hybridized carbons (Fsp3) is 0.312. The molecule has 7 heteroatoms. The zero-order valence-electron chi connectivity index (χ0n) is 12.9. The van der Waals surface area contributed by atoms with Crippen LogP contribution in [0.3, 0.4) is 0 Å². The molecule has 0 radical (unpaired) electrons. The minimum Gasteiger partial charge on any atom is -0.337 e. The summed E-state index contributed by atoms with van der Waals surface area (Å²) in [6.45, 7) is 2.87. The standard InChI is InChI=1S/C16H19FN2O3S/c1-2-3-4-8-16(20)18-9-11-19(12-10-18)23(21,22)15-7-5-6-14(17)13-15/h2-8,13H,9-12H2,1H3/b3-2+,8-4+. The number of benzene rings is 1. The first kappa shape index (κ1) is 17.4. The maximum absolute atomic E-state index is 13.2. The minimum absolute atomic E-state index is 0.0646. The van der Waals surface area contributed by atoms with Gasteiger partial charge in [-0.1, -0.05) is 24.3 Å². The van der Waals surface area contributed by atoms with Gasteiger partial charge in [0.25, 0.3) is 0 Å². The molecule has 2 rings (SSSR count). The highest BCUT2D eigenvalue weighted by atomic mass is 32.2. The number of piperazine rings is 1. The third-order valence-corrected chi connectivity index (χ3v) is 5.42. The van der Waals surface area contributed by atoms with E-state index in [1.807, 2.05) is 13.0 Å². The van der Waals surface area contributed by atoms with E-state index in [0.29, 0.717) is 13.1 Å². The maximum Gasteiger partial charge on any atom is 0.246 e. The van der Waals surface area contributed by atoms with Crippen LogP contribution in [-0.2, 0) is 14.8 Å². The Morgan fingerprint density at radius 2 is 1.87 bits per heavy atom. The van der Waals surface area contributed by atoms with Crippen molar-refractivity contribution in [3.05, 3.63) is 54.4 Å². The lowest BCUT2D eigenvalue weighted by Crippen LogP contribution is -2.50. The van der Waals surface area contributed by atoms with Crippen molar-refractivity contribution in [3.63, 3.8) is 0 Å². The molecular formula is C16H19FN2O3S. The molecule has 5 nitrogen and oxygen atoms in total. The van der Waals surface area contributed by atoms with Crippen molar-refractivity contribution in [2.45, 2.75) is 11.8 Å². The third kappa shape index (κ3) is 4.27. The van der Waals surface area contributed by atoms with Crippen molar-refractivity contribution in [2.75, 3.05) is 26.2 Å². The van der Waals surface area contributed by atoms with Crippen LogP contribution in [0.15, 0.2) is 53.5 Å². The molecule has 23 heavy (non-hydrogen) atoms. The number of amides is 1. The Labute approximate surface area is 135 Å². The highest BCUT2D eigenvalue weighted by Crippen LogP contribution is 2.18. The molecule has 0 unspecified atom stereocenters. The summed E-state index contributed by atoms with van der Waals surface area (Å²) >= 11 is 0. The van der Waals surface area contributed by atoms with Gasteiger partial charge in [-0.25, -0.2) is 12.8 Å². The molecule has 0 aliphatic carbocycles. The molecule has 0 bridgehead atoms. The second-order valence-corrected chi connectivity index (χ2v) is 7.01. The highest BCUT2D eigenvalue weighted by Gasteiger charge is 2.29. The van der Waals surface area contributed by atoms with E-state index in [1.165, 1.54) is 28.6 Å². The maximum atomic E-state index is 13.2. The molecule has 1 aromatic rings.